The molecule has 1 rings (SSSR count). The van der Waals surface area contributed by atoms with Crippen molar-refractivity contribution in [2.45, 2.75) is 26.3 Å². The zero-order chi connectivity index (χ0) is 15.3. The van der Waals surface area contributed by atoms with Gasteiger partial charge >= 0.3 is 11.9 Å². The molecule has 20 heavy (non-hydrogen) atoms. The van der Waals surface area contributed by atoms with Crippen molar-refractivity contribution in [1.29, 1.82) is 0 Å². The first-order chi connectivity index (χ1) is 9.32. The maximum Gasteiger partial charge on any atom is 0.307 e. The standard InChI is InChI=1S/C13H17NO5S/c1-7(8(2)13(18)19)12(17)14-9(6-11(15)16)10-4-3-5-20-10/h3-5,7-9H,6H2,1-2H3,(H,14,17)(H,15,16)(H,18,19). The van der Waals surface area contributed by atoms with E-state index in [0.717, 1.165) is 4.88 Å². The van der Waals surface area contributed by atoms with Crippen LogP contribution in [-0.4, -0.2) is 28.1 Å². The lowest BCUT2D eigenvalue weighted by molar-refractivity contribution is -0.146. The topological polar surface area (TPSA) is 104 Å². The Balaban J connectivity index is 2.77. The van der Waals surface area contributed by atoms with Gasteiger partial charge in [0.15, 0.2) is 0 Å². The third-order valence-corrected chi connectivity index (χ3v) is 4.12. The highest BCUT2D eigenvalue weighted by Crippen LogP contribution is 2.23. The van der Waals surface area contributed by atoms with Crippen molar-refractivity contribution < 1.29 is 24.6 Å². The number of amides is 1. The maximum atomic E-state index is 12.0. The van der Waals surface area contributed by atoms with Gasteiger partial charge in [0, 0.05) is 10.8 Å². The third-order valence-electron chi connectivity index (χ3n) is 3.13. The Morgan fingerprint density at radius 3 is 2.35 bits per heavy atom. The van der Waals surface area contributed by atoms with Crippen LogP contribution in [0, 0.1) is 11.8 Å². The summed E-state index contributed by atoms with van der Waals surface area (Å²) in [4.78, 5) is 34.5. The van der Waals surface area contributed by atoms with Crippen LogP contribution < -0.4 is 5.32 Å². The summed E-state index contributed by atoms with van der Waals surface area (Å²) in [6.45, 7) is 2.96. The molecule has 1 aromatic heterocycles. The van der Waals surface area contributed by atoms with Gasteiger partial charge in [-0.05, 0) is 11.4 Å². The van der Waals surface area contributed by atoms with E-state index in [0.29, 0.717) is 0 Å². The molecule has 0 spiro atoms. The quantitative estimate of drug-likeness (QED) is 0.711. The molecule has 1 amide bonds. The van der Waals surface area contributed by atoms with Crippen LogP contribution in [0.3, 0.4) is 0 Å². The number of nitrogens with one attached hydrogen (secondary N) is 1. The average Bonchev–Trinajstić information content (AvgIpc) is 2.89. The number of carbonyl (C=O) groups excluding carboxylic acids is 1. The SMILES string of the molecule is CC(C(=O)O)C(C)C(=O)NC(CC(=O)O)c1cccs1. The van der Waals surface area contributed by atoms with E-state index in [1.807, 2.05) is 0 Å². The number of thiophene rings is 1. The van der Waals surface area contributed by atoms with Crippen molar-refractivity contribution in [3.8, 4) is 0 Å². The van der Waals surface area contributed by atoms with Crippen molar-refractivity contribution in [1.82, 2.24) is 5.32 Å². The van der Waals surface area contributed by atoms with Crippen LogP contribution in [0.25, 0.3) is 0 Å². The second-order valence-corrected chi connectivity index (χ2v) is 5.57. The number of rotatable bonds is 7. The van der Waals surface area contributed by atoms with E-state index >= 15 is 0 Å². The van der Waals surface area contributed by atoms with Crippen molar-refractivity contribution in [3.05, 3.63) is 22.4 Å². The zero-order valence-corrected chi connectivity index (χ0v) is 12.0. The van der Waals surface area contributed by atoms with Crippen molar-refractivity contribution in [2.75, 3.05) is 0 Å². The molecular formula is C13H17NO5S. The highest BCUT2D eigenvalue weighted by atomic mass is 32.1. The predicted molar refractivity (Wildman–Crippen MR) is 73.4 cm³/mol. The molecule has 3 atom stereocenters. The van der Waals surface area contributed by atoms with Crippen LogP contribution in [0.4, 0.5) is 0 Å². The van der Waals surface area contributed by atoms with Crippen molar-refractivity contribution in [2.24, 2.45) is 11.8 Å². The van der Waals surface area contributed by atoms with Crippen LogP contribution in [0.5, 0.6) is 0 Å². The van der Waals surface area contributed by atoms with Gasteiger partial charge in [-0.25, -0.2) is 0 Å². The Morgan fingerprint density at radius 1 is 1.25 bits per heavy atom. The van der Waals surface area contributed by atoms with E-state index in [1.165, 1.54) is 25.2 Å². The average molecular weight is 299 g/mol. The Morgan fingerprint density at radius 2 is 1.90 bits per heavy atom. The van der Waals surface area contributed by atoms with Crippen molar-refractivity contribution in [3.63, 3.8) is 0 Å². The Bertz CT molecular complexity index is 485. The summed E-state index contributed by atoms with van der Waals surface area (Å²) in [5.74, 6) is -4.10. The molecular weight excluding hydrogens is 282 g/mol. The predicted octanol–water partition coefficient (Wildman–Crippen LogP) is 1.74. The second-order valence-electron chi connectivity index (χ2n) is 4.59. The molecule has 0 aliphatic heterocycles. The summed E-state index contributed by atoms with van der Waals surface area (Å²) in [6, 6.07) is 2.87. The van der Waals surface area contributed by atoms with Gasteiger partial charge in [0.2, 0.25) is 5.91 Å². The maximum absolute atomic E-state index is 12.0. The molecule has 0 aliphatic rings. The van der Waals surface area contributed by atoms with Gasteiger partial charge in [-0.1, -0.05) is 19.9 Å². The van der Waals surface area contributed by atoms with Crippen LogP contribution in [0.2, 0.25) is 0 Å². The number of carboxylic acids is 2. The van der Waals surface area contributed by atoms with Gasteiger partial charge in [-0.15, -0.1) is 11.3 Å². The molecule has 1 heterocycles. The molecule has 0 saturated carbocycles. The van der Waals surface area contributed by atoms with E-state index in [1.54, 1.807) is 17.5 Å². The molecule has 0 aliphatic carbocycles. The Labute approximate surface area is 120 Å². The third kappa shape index (κ3) is 4.34. The number of hydrogen-bond acceptors (Lipinski definition) is 4. The first-order valence-corrected chi connectivity index (χ1v) is 6.99. The Kier molecular flexibility index (Phi) is 5.69. The van der Waals surface area contributed by atoms with E-state index in [-0.39, 0.29) is 6.42 Å². The number of carboxylic acid groups (broad SMARTS) is 2. The molecule has 0 fully saturated rings. The van der Waals surface area contributed by atoms with Gasteiger partial charge in [0.25, 0.3) is 0 Å². The molecule has 3 N–H and O–H groups in total. The number of hydrogen-bond donors (Lipinski definition) is 3. The fourth-order valence-electron chi connectivity index (χ4n) is 1.63. The smallest absolute Gasteiger partial charge is 0.307 e. The first-order valence-electron chi connectivity index (χ1n) is 6.11. The second kappa shape index (κ2) is 7.04. The minimum absolute atomic E-state index is 0.236. The van der Waals surface area contributed by atoms with E-state index in [4.69, 9.17) is 10.2 Å². The fraction of sp³-hybridized carbons (Fsp3) is 0.462. The lowest BCUT2D eigenvalue weighted by atomic mass is 9.95. The van der Waals surface area contributed by atoms with Crippen LogP contribution >= 0.6 is 11.3 Å². The van der Waals surface area contributed by atoms with Gasteiger partial charge in [-0.2, -0.15) is 0 Å². The largest absolute Gasteiger partial charge is 0.481 e. The number of aliphatic carboxylic acids is 2. The highest BCUT2D eigenvalue weighted by Gasteiger charge is 2.28. The van der Waals surface area contributed by atoms with Crippen LogP contribution in [0.15, 0.2) is 17.5 Å². The molecule has 110 valence electrons. The monoisotopic (exact) mass is 299 g/mol. The lowest BCUT2D eigenvalue weighted by Gasteiger charge is -2.20. The van der Waals surface area contributed by atoms with E-state index < -0.39 is 35.7 Å². The van der Waals surface area contributed by atoms with Crippen LogP contribution in [-0.2, 0) is 14.4 Å². The summed E-state index contributed by atoms with van der Waals surface area (Å²) in [5, 5.41) is 22.2. The summed E-state index contributed by atoms with van der Waals surface area (Å²) >= 11 is 1.35. The van der Waals surface area contributed by atoms with Crippen LogP contribution in [0.1, 0.15) is 31.2 Å². The summed E-state index contributed by atoms with van der Waals surface area (Å²) < 4.78 is 0. The molecule has 1 aromatic rings. The first kappa shape index (κ1) is 16.2. The van der Waals surface area contributed by atoms with Gasteiger partial charge in [0.1, 0.15) is 0 Å². The van der Waals surface area contributed by atoms with E-state index in [9.17, 15) is 14.4 Å². The Hall–Kier alpha value is -1.89. The summed E-state index contributed by atoms with van der Waals surface area (Å²) in [6.07, 6.45) is -0.236. The summed E-state index contributed by atoms with van der Waals surface area (Å²) in [5.41, 5.74) is 0. The van der Waals surface area contributed by atoms with Crippen molar-refractivity contribution >= 4 is 29.2 Å². The minimum atomic E-state index is -1.06. The van der Waals surface area contributed by atoms with Gasteiger partial charge in [-0.3, -0.25) is 14.4 Å². The molecule has 3 unspecified atom stereocenters. The lowest BCUT2D eigenvalue weighted by Crippen LogP contribution is -2.37. The number of carbonyl (C=O) groups is 3. The molecule has 0 radical (unpaired) electrons. The van der Waals surface area contributed by atoms with E-state index in [2.05, 4.69) is 5.32 Å². The normalized spacial score (nSPS) is 15.1. The minimum Gasteiger partial charge on any atom is -0.481 e. The highest BCUT2D eigenvalue weighted by molar-refractivity contribution is 7.10. The zero-order valence-electron chi connectivity index (χ0n) is 11.2. The molecule has 0 saturated heterocycles. The molecule has 7 heteroatoms. The summed E-state index contributed by atoms with van der Waals surface area (Å²) in [7, 11) is 0. The van der Waals surface area contributed by atoms with Gasteiger partial charge in [0.05, 0.1) is 18.4 Å². The fourth-order valence-corrected chi connectivity index (χ4v) is 2.41. The van der Waals surface area contributed by atoms with Gasteiger partial charge < -0.3 is 15.5 Å². The molecule has 0 aromatic carbocycles. The molecule has 6 nitrogen and oxygen atoms in total. The molecule has 0 bridgehead atoms.